The Bertz CT molecular complexity index is 3470. The summed E-state index contributed by atoms with van der Waals surface area (Å²) in [5.74, 6) is -0.556. The Kier molecular flexibility index (Phi) is 13.9. The summed E-state index contributed by atoms with van der Waals surface area (Å²) in [7, 11) is 2.23. The number of rotatable bonds is 15. The van der Waals surface area contributed by atoms with Gasteiger partial charge in [0.1, 0.15) is 63.9 Å². The summed E-state index contributed by atoms with van der Waals surface area (Å²) in [5.41, 5.74) is 6.78. The highest BCUT2D eigenvalue weighted by Gasteiger charge is 2.54. The van der Waals surface area contributed by atoms with Gasteiger partial charge in [-0.15, -0.1) is 23.1 Å². The largest absolute Gasteiger partial charge is 0.489 e. The maximum Gasteiger partial charge on any atom is 0.352 e. The number of carboxylic acids is 1. The number of benzene rings is 6. The molecule has 3 atom stereocenters. The summed E-state index contributed by atoms with van der Waals surface area (Å²) in [6.07, 6.45) is 0.153. The molecule has 17 heteroatoms. The maximum atomic E-state index is 14.4. The number of thioether (sulfide) groups is 1. The molecule has 1 fully saturated rings. The molecular formula is C54H44Cl2N5O7S3+. The third-order valence-corrected chi connectivity index (χ3v) is 16.5. The fraction of sp³-hybridized carbons (Fsp3) is 0.148. The van der Waals surface area contributed by atoms with Gasteiger partial charge in [0.05, 0.1) is 28.1 Å². The molecule has 5 aromatic carbocycles. The molecule has 0 spiro atoms. The number of aliphatic carboxylic acids is 1. The van der Waals surface area contributed by atoms with E-state index in [9.17, 15) is 23.7 Å². The molecule has 3 aliphatic heterocycles. The van der Waals surface area contributed by atoms with Crippen LogP contribution in [0.2, 0.25) is 10.0 Å². The van der Waals surface area contributed by atoms with Crippen molar-refractivity contribution >= 4 is 103 Å². The molecular weight excluding hydrogens is 998 g/mol. The van der Waals surface area contributed by atoms with Gasteiger partial charge in [-0.05, 0) is 71.6 Å². The highest BCUT2D eigenvalue weighted by atomic mass is 35.5. The Morgan fingerprint density at radius 2 is 1.66 bits per heavy atom. The molecule has 6 aromatic rings. The Morgan fingerprint density at radius 1 is 0.901 bits per heavy atom. The fourth-order valence-corrected chi connectivity index (χ4v) is 12.4. The summed E-state index contributed by atoms with van der Waals surface area (Å²) in [4.78, 5) is 43.0. The lowest BCUT2D eigenvalue weighted by Gasteiger charge is -2.49. The first-order valence-corrected chi connectivity index (χ1v) is 26.2. The van der Waals surface area contributed by atoms with Gasteiger partial charge in [-0.25, -0.2) is 13.7 Å². The predicted molar refractivity (Wildman–Crippen MR) is 283 cm³/mol. The van der Waals surface area contributed by atoms with Crippen molar-refractivity contribution in [1.82, 2.24) is 19.5 Å². The van der Waals surface area contributed by atoms with Crippen LogP contribution in [-0.4, -0.2) is 69.9 Å². The van der Waals surface area contributed by atoms with Gasteiger partial charge in [0, 0.05) is 75.8 Å². The third-order valence-electron chi connectivity index (χ3n) is 12.5. The molecule has 4 heterocycles. The normalized spacial score (nSPS) is 16.3. The van der Waals surface area contributed by atoms with E-state index in [2.05, 4.69) is 10.0 Å². The summed E-state index contributed by atoms with van der Waals surface area (Å²) < 4.78 is 32.5. The number of amides is 2. The van der Waals surface area contributed by atoms with Crippen LogP contribution in [0.3, 0.4) is 0 Å². The number of nitrogens with zero attached hydrogens (tertiary/aromatic N) is 3. The number of carbonyl (C=O) groups is 3. The minimum atomic E-state index is -1.68. The van der Waals surface area contributed by atoms with E-state index in [0.717, 1.165) is 54.9 Å². The van der Waals surface area contributed by atoms with Crippen LogP contribution >= 0.6 is 46.3 Å². The molecule has 10 rings (SSSR count). The fourth-order valence-electron chi connectivity index (χ4n) is 8.83. The molecule has 71 heavy (non-hydrogen) atoms. The monoisotopic (exact) mass is 1040 g/mol. The van der Waals surface area contributed by atoms with Crippen molar-refractivity contribution in [2.75, 3.05) is 31.4 Å². The van der Waals surface area contributed by atoms with Gasteiger partial charge in [0.2, 0.25) is 17.0 Å². The van der Waals surface area contributed by atoms with Crippen molar-refractivity contribution in [1.29, 1.82) is 0 Å². The SMILES string of the molecule is CN(c1ccc2c(-c3ccccc3S(=O)NCc3ccc(OCC4=C(C(=O)O)N5C(=O)[C@@H](NC(=O)Cc6cccs6)[C@H]5SC4)cc3)c3ccc(=[N+](C)c4ccccc4Cl)cc-3oc2c1)c1ccccc1Cl. The zero-order valence-electron chi connectivity index (χ0n) is 38.1. The van der Waals surface area contributed by atoms with E-state index in [-0.39, 0.29) is 31.2 Å². The Labute approximate surface area is 429 Å². The first-order valence-electron chi connectivity index (χ1n) is 22.4. The van der Waals surface area contributed by atoms with Gasteiger partial charge in [-0.2, -0.15) is 4.58 Å². The van der Waals surface area contributed by atoms with Crippen LogP contribution in [-0.2, 0) is 38.3 Å². The number of hydrogen-bond acceptors (Lipinski definition) is 9. The highest BCUT2D eigenvalue weighted by molar-refractivity contribution is 8.00. The molecule has 1 saturated heterocycles. The number of thiophene rings is 1. The average Bonchev–Trinajstić information content (AvgIpc) is 3.90. The lowest BCUT2D eigenvalue weighted by Crippen LogP contribution is -2.70. The molecule has 358 valence electrons. The van der Waals surface area contributed by atoms with Crippen LogP contribution in [0.15, 0.2) is 172 Å². The van der Waals surface area contributed by atoms with Crippen molar-refractivity contribution in [3.05, 3.63) is 188 Å². The van der Waals surface area contributed by atoms with E-state index >= 15 is 0 Å². The van der Waals surface area contributed by atoms with Crippen molar-refractivity contribution < 1.29 is 32.9 Å². The number of hydrogen-bond donors (Lipinski definition) is 3. The standard InChI is InChI=1S/C54H43Cl2N5O7S3/c1-59(43-14-6-4-12-41(43)55)34-19-23-38-45(26-34)68-46-27-35(60(2)44-15-7-5-13-42(44)56)20-24-39(46)49(38)40-11-3-8-16-47(40)71(66)57-29-32-17-21-36(22-18-32)67-30-33-31-70-53-50(52(63)61(53)51(33)54(64)65)58-48(62)28-37-10-9-25-69-37/h3-27,50,53,57H,28-31H2,1-2H3,(H-,58,62,64,65)/p+1/t50-,53-,71?/m1/s1. The number of ether oxygens (including phenoxy) is 1. The van der Waals surface area contributed by atoms with Crippen LogP contribution in [0.5, 0.6) is 5.75 Å². The topological polar surface area (TPSA) is 144 Å². The predicted octanol–water partition coefficient (Wildman–Crippen LogP) is 10.2. The number of fused-ring (bicyclic) bond motifs is 3. The van der Waals surface area contributed by atoms with Crippen LogP contribution in [0, 0.1) is 0 Å². The Morgan fingerprint density at radius 3 is 2.42 bits per heavy atom. The van der Waals surface area contributed by atoms with Gasteiger partial charge < -0.3 is 24.5 Å². The zero-order chi connectivity index (χ0) is 49.3. The van der Waals surface area contributed by atoms with Gasteiger partial charge in [0.15, 0.2) is 0 Å². The van der Waals surface area contributed by atoms with Crippen molar-refractivity contribution in [3.63, 3.8) is 0 Å². The van der Waals surface area contributed by atoms with Gasteiger partial charge in [-0.3, -0.25) is 14.5 Å². The molecule has 0 saturated carbocycles. The Balaban J connectivity index is 0.881. The molecule has 1 unspecified atom stereocenters. The third kappa shape index (κ3) is 9.73. The van der Waals surface area contributed by atoms with Crippen molar-refractivity contribution in [2.24, 2.45) is 0 Å². The molecule has 0 bridgehead atoms. The number of nitrogens with one attached hydrogen (secondary N) is 2. The number of carboxylic acid groups (broad SMARTS) is 1. The summed E-state index contributed by atoms with van der Waals surface area (Å²) in [6.45, 7) is 0.213. The number of carbonyl (C=O) groups excluding carboxylic acids is 2. The summed E-state index contributed by atoms with van der Waals surface area (Å²) in [5, 5.41) is 17.2. The Hall–Kier alpha value is -6.72. The molecule has 0 radical (unpaired) electrons. The molecule has 1 aromatic heterocycles. The molecule has 1 aliphatic carbocycles. The van der Waals surface area contributed by atoms with Gasteiger partial charge >= 0.3 is 5.97 Å². The van der Waals surface area contributed by atoms with E-state index in [1.807, 2.05) is 162 Å². The van der Waals surface area contributed by atoms with Gasteiger partial charge in [-0.1, -0.05) is 83.9 Å². The minimum absolute atomic E-state index is 0.0478. The van der Waals surface area contributed by atoms with Crippen LogP contribution < -0.4 is 29.6 Å². The van der Waals surface area contributed by atoms with E-state index in [1.54, 1.807) is 12.1 Å². The first-order chi connectivity index (χ1) is 34.4. The molecule has 2 amide bonds. The summed E-state index contributed by atoms with van der Waals surface area (Å²) >= 11 is 16.1. The van der Waals surface area contributed by atoms with Crippen LogP contribution in [0.1, 0.15) is 10.4 Å². The van der Waals surface area contributed by atoms with Crippen molar-refractivity contribution in [2.45, 2.75) is 29.3 Å². The van der Waals surface area contributed by atoms with E-state index in [1.165, 1.54) is 28.0 Å². The molecule has 12 nitrogen and oxygen atoms in total. The first kappa shape index (κ1) is 47.9. The molecule has 4 aliphatic rings. The quantitative estimate of drug-likeness (QED) is 0.0519. The number of para-hydroxylation sites is 2. The smallest absolute Gasteiger partial charge is 0.352 e. The number of anilines is 2. The highest BCUT2D eigenvalue weighted by Crippen LogP contribution is 2.44. The van der Waals surface area contributed by atoms with E-state index in [0.29, 0.717) is 43.4 Å². The second-order valence-corrected chi connectivity index (χ2v) is 21.1. The lowest BCUT2D eigenvalue weighted by atomic mass is 9.93. The van der Waals surface area contributed by atoms with E-state index < -0.39 is 34.3 Å². The molecule has 3 N–H and O–H groups in total. The average molecular weight is 1040 g/mol. The second-order valence-electron chi connectivity index (χ2n) is 16.8. The lowest BCUT2D eigenvalue weighted by molar-refractivity contribution is -0.150. The second kappa shape index (κ2) is 20.6. The van der Waals surface area contributed by atoms with Gasteiger partial charge in [0.25, 0.3) is 5.91 Å². The minimum Gasteiger partial charge on any atom is -0.489 e. The van der Waals surface area contributed by atoms with Crippen LogP contribution in [0.4, 0.5) is 17.1 Å². The maximum absolute atomic E-state index is 14.4. The van der Waals surface area contributed by atoms with Crippen molar-refractivity contribution in [3.8, 4) is 28.2 Å². The number of halogens is 2. The van der Waals surface area contributed by atoms with E-state index in [4.69, 9.17) is 32.4 Å². The number of β-lactam (4-membered cyclic amide) rings is 1. The summed E-state index contributed by atoms with van der Waals surface area (Å²) in [6, 6.07) is 45.1. The van der Waals surface area contributed by atoms with Crippen LogP contribution in [0.25, 0.3) is 33.4 Å². The zero-order valence-corrected chi connectivity index (χ0v) is 42.1.